The summed E-state index contributed by atoms with van der Waals surface area (Å²) in [6.45, 7) is 6.70. The minimum absolute atomic E-state index is 0.0141. The maximum Gasteiger partial charge on any atom is 0.325 e. The second-order valence-electron chi connectivity index (χ2n) is 5.50. The first-order valence-corrected chi connectivity index (χ1v) is 6.39. The molecule has 0 saturated carbocycles. The van der Waals surface area contributed by atoms with Gasteiger partial charge in [0.1, 0.15) is 12.2 Å². The Morgan fingerprint density at radius 3 is 2.70 bits per heavy atom. The summed E-state index contributed by atoms with van der Waals surface area (Å²) in [5, 5.41) is 22.0. The minimum atomic E-state index is -0.987. The molecule has 0 aliphatic rings. The number of nitrogens with one attached hydrogen (secondary N) is 2. The Balaban J connectivity index is 2.27. The zero-order valence-electron chi connectivity index (χ0n) is 12.0. The fraction of sp³-hybridized carbons (Fsp3) is 0.667. The van der Waals surface area contributed by atoms with Crippen LogP contribution in [0.5, 0.6) is 0 Å². The summed E-state index contributed by atoms with van der Waals surface area (Å²) >= 11 is 0. The second-order valence-corrected chi connectivity index (χ2v) is 5.50. The molecule has 1 amide bonds. The normalized spacial score (nSPS) is 11.3. The van der Waals surface area contributed by atoms with Crippen LogP contribution in [-0.4, -0.2) is 44.1 Å². The molecule has 0 fully saturated rings. The average Bonchev–Trinajstić information content (AvgIpc) is 2.71. The summed E-state index contributed by atoms with van der Waals surface area (Å²) in [6, 6.07) is 0. The number of aromatic nitrogens is 3. The van der Waals surface area contributed by atoms with Crippen LogP contribution >= 0.6 is 0 Å². The number of hydrogen-bond donors (Lipinski definition) is 3. The Morgan fingerprint density at radius 2 is 2.10 bits per heavy atom. The molecule has 0 aliphatic heterocycles. The van der Waals surface area contributed by atoms with Gasteiger partial charge in [0.15, 0.2) is 0 Å². The van der Waals surface area contributed by atoms with Crippen LogP contribution < -0.4 is 10.6 Å². The van der Waals surface area contributed by atoms with E-state index in [0.29, 0.717) is 18.7 Å². The van der Waals surface area contributed by atoms with E-state index in [1.165, 1.54) is 10.9 Å². The van der Waals surface area contributed by atoms with Crippen molar-refractivity contribution < 1.29 is 14.7 Å². The van der Waals surface area contributed by atoms with Crippen molar-refractivity contribution in [2.75, 3.05) is 6.54 Å². The lowest BCUT2D eigenvalue weighted by atomic mass is 10.1. The molecule has 1 aromatic rings. The van der Waals surface area contributed by atoms with Gasteiger partial charge in [-0.1, -0.05) is 5.21 Å². The van der Waals surface area contributed by atoms with Gasteiger partial charge in [0, 0.05) is 18.5 Å². The molecule has 20 heavy (non-hydrogen) atoms. The number of carbonyl (C=O) groups is 2. The van der Waals surface area contributed by atoms with Gasteiger partial charge in [-0.3, -0.25) is 9.59 Å². The fourth-order valence-corrected chi connectivity index (χ4v) is 1.46. The smallest absolute Gasteiger partial charge is 0.325 e. The van der Waals surface area contributed by atoms with Crippen LogP contribution in [0.15, 0.2) is 6.20 Å². The van der Waals surface area contributed by atoms with Gasteiger partial charge >= 0.3 is 5.97 Å². The molecule has 0 atom stereocenters. The maximum atomic E-state index is 11.6. The lowest BCUT2D eigenvalue weighted by Gasteiger charge is -2.20. The number of amides is 1. The Hall–Kier alpha value is -1.96. The molecular formula is C12H21N5O3. The number of rotatable bonds is 7. The third-order valence-electron chi connectivity index (χ3n) is 2.36. The zero-order chi connectivity index (χ0) is 15.2. The quantitative estimate of drug-likeness (QED) is 0.637. The molecular weight excluding hydrogens is 262 g/mol. The predicted octanol–water partition coefficient (Wildman–Crippen LogP) is -0.243. The van der Waals surface area contributed by atoms with Crippen LogP contribution in [0.25, 0.3) is 0 Å². The SMILES string of the molecule is CC(C)(C)NCCC(=O)NCc1cn(CC(=O)O)nn1. The number of carboxylic acid groups (broad SMARTS) is 1. The van der Waals surface area contributed by atoms with Crippen molar-refractivity contribution in [3.63, 3.8) is 0 Å². The third kappa shape index (κ3) is 6.83. The van der Waals surface area contributed by atoms with E-state index >= 15 is 0 Å². The first-order chi connectivity index (χ1) is 9.26. The van der Waals surface area contributed by atoms with Crippen LogP contribution in [0.1, 0.15) is 32.9 Å². The molecule has 112 valence electrons. The van der Waals surface area contributed by atoms with Gasteiger partial charge in [0.25, 0.3) is 0 Å². The predicted molar refractivity (Wildman–Crippen MR) is 71.9 cm³/mol. The van der Waals surface area contributed by atoms with Gasteiger partial charge in [-0.25, -0.2) is 4.68 Å². The van der Waals surface area contributed by atoms with E-state index in [9.17, 15) is 9.59 Å². The fourth-order valence-electron chi connectivity index (χ4n) is 1.46. The first kappa shape index (κ1) is 16.1. The highest BCUT2D eigenvalue weighted by atomic mass is 16.4. The Morgan fingerprint density at radius 1 is 1.40 bits per heavy atom. The van der Waals surface area contributed by atoms with Crippen molar-refractivity contribution >= 4 is 11.9 Å². The first-order valence-electron chi connectivity index (χ1n) is 6.39. The van der Waals surface area contributed by atoms with Crippen LogP contribution in [0.4, 0.5) is 0 Å². The molecule has 0 aromatic carbocycles. The number of carboxylic acids is 1. The number of carbonyl (C=O) groups excluding carboxylic acids is 1. The van der Waals surface area contributed by atoms with Crippen LogP contribution in [0.3, 0.4) is 0 Å². The highest BCUT2D eigenvalue weighted by Crippen LogP contribution is 1.98. The number of nitrogens with zero attached hydrogens (tertiary/aromatic N) is 3. The van der Waals surface area contributed by atoms with Crippen molar-refractivity contribution in [3.8, 4) is 0 Å². The van der Waals surface area contributed by atoms with Crippen molar-refractivity contribution in [2.45, 2.75) is 45.8 Å². The molecule has 8 nitrogen and oxygen atoms in total. The lowest BCUT2D eigenvalue weighted by Crippen LogP contribution is -2.38. The molecule has 3 N–H and O–H groups in total. The van der Waals surface area contributed by atoms with Crippen molar-refractivity contribution in [3.05, 3.63) is 11.9 Å². The van der Waals surface area contributed by atoms with E-state index in [0.717, 1.165) is 0 Å². The summed E-state index contributed by atoms with van der Waals surface area (Å²) in [6.07, 6.45) is 1.88. The van der Waals surface area contributed by atoms with E-state index < -0.39 is 5.97 Å². The molecule has 0 aliphatic carbocycles. The van der Waals surface area contributed by atoms with E-state index in [4.69, 9.17) is 5.11 Å². The molecule has 0 saturated heterocycles. The molecule has 8 heteroatoms. The van der Waals surface area contributed by atoms with Gasteiger partial charge in [-0.05, 0) is 20.8 Å². The number of hydrogen-bond acceptors (Lipinski definition) is 5. The molecule has 1 heterocycles. The largest absolute Gasteiger partial charge is 0.480 e. The van der Waals surface area contributed by atoms with Gasteiger partial charge in [-0.15, -0.1) is 5.10 Å². The van der Waals surface area contributed by atoms with Gasteiger partial charge < -0.3 is 15.7 Å². The molecule has 1 aromatic heterocycles. The van der Waals surface area contributed by atoms with Crippen LogP contribution in [0, 0.1) is 0 Å². The molecule has 1 rings (SSSR count). The number of aliphatic carboxylic acids is 1. The van der Waals surface area contributed by atoms with E-state index in [-0.39, 0.29) is 24.5 Å². The monoisotopic (exact) mass is 283 g/mol. The van der Waals surface area contributed by atoms with Crippen LogP contribution in [0.2, 0.25) is 0 Å². The van der Waals surface area contributed by atoms with Crippen molar-refractivity contribution in [2.24, 2.45) is 0 Å². The molecule has 0 unspecified atom stereocenters. The summed E-state index contributed by atoms with van der Waals surface area (Å²) in [4.78, 5) is 22.1. The third-order valence-corrected chi connectivity index (χ3v) is 2.36. The van der Waals surface area contributed by atoms with Gasteiger partial charge in [0.2, 0.25) is 5.91 Å². The molecule has 0 bridgehead atoms. The van der Waals surface area contributed by atoms with Crippen LogP contribution in [-0.2, 0) is 22.7 Å². The summed E-state index contributed by atoms with van der Waals surface area (Å²) in [5.41, 5.74) is 0.517. The highest BCUT2D eigenvalue weighted by molar-refractivity contribution is 5.76. The van der Waals surface area contributed by atoms with E-state index in [1.54, 1.807) is 0 Å². The summed E-state index contributed by atoms with van der Waals surface area (Å²) < 4.78 is 1.21. The van der Waals surface area contributed by atoms with E-state index in [1.807, 2.05) is 20.8 Å². The minimum Gasteiger partial charge on any atom is -0.480 e. The van der Waals surface area contributed by atoms with Crippen molar-refractivity contribution in [1.82, 2.24) is 25.6 Å². The van der Waals surface area contributed by atoms with Crippen molar-refractivity contribution in [1.29, 1.82) is 0 Å². The standard InChI is InChI=1S/C12H21N5O3/c1-12(2,3)14-5-4-10(18)13-6-9-7-17(16-15-9)8-11(19)20/h7,14H,4-6,8H2,1-3H3,(H,13,18)(H,19,20). The zero-order valence-corrected chi connectivity index (χ0v) is 12.0. The topological polar surface area (TPSA) is 109 Å². The highest BCUT2D eigenvalue weighted by Gasteiger charge is 2.10. The van der Waals surface area contributed by atoms with Gasteiger partial charge in [-0.2, -0.15) is 0 Å². The second kappa shape index (κ2) is 6.99. The summed E-state index contributed by atoms with van der Waals surface area (Å²) in [7, 11) is 0. The average molecular weight is 283 g/mol. The molecule has 0 spiro atoms. The van der Waals surface area contributed by atoms with Gasteiger partial charge in [0.05, 0.1) is 12.7 Å². The Kier molecular flexibility index (Phi) is 5.63. The summed E-state index contributed by atoms with van der Waals surface area (Å²) in [5.74, 6) is -1.08. The molecule has 0 radical (unpaired) electrons. The Labute approximate surface area is 117 Å². The maximum absolute atomic E-state index is 11.6. The lowest BCUT2D eigenvalue weighted by molar-refractivity contribution is -0.138. The van der Waals surface area contributed by atoms with E-state index in [2.05, 4.69) is 20.9 Å². The Bertz CT molecular complexity index is 464.